The second kappa shape index (κ2) is 12.3. The first-order valence-electron chi connectivity index (χ1n) is 19.4. The van der Waals surface area contributed by atoms with Gasteiger partial charge in [0.25, 0.3) is 0 Å². The highest BCUT2D eigenvalue weighted by Crippen LogP contribution is 2.53. The Morgan fingerprint density at radius 2 is 0.772 bits per heavy atom. The van der Waals surface area contributed by atoms with Gasteiger partial charge in [-0.25, -0.2) is 0 Å². The van der Waals surface area contributed by atoms with Crippen LogP contribution in [0.4, 0.5) is 34.1 Å². The minimum absolute atomic E-state index is 0.839. The molecule has 0 radical (unpaired) electrons. The standard InChI is InChI=1S/C52H34N2O2Si/c1-3-15-39(16-4-1)57(40-17-5-2-6-18-40)51-26-14-7-19-41(51)42-33-50-46(34-52(42)57)54(45-22-10-13-25-49(45)56-50)38-30-28-35-31-37(29-27-36(35)32-38)53-43-20-8-11-23-47(43)55-48-24-12-9-21-44(48)53/h1-34H. The molecule has 0 saturated carbocycles. The summed E-state index contributed by atoms with van der Waals surface area (Å²) in [7, 11) is -2.72. The molecule has 9 aromatic carbocycles. The van der Waals surface area contributed by atoms with Crippen molar-refractivity contribution in [1.29, 1.82) is 0 Å². The van der Waals surface area contributed by atoms with Crippen molar-refractivity contribution in [1.82, 2.24) is 0 Å². The fraction of sp³-hybridized carbons (Fsp3) is 0. The van der Waals surface area contributed by atoms with Gasteiger partial charge in [0, 0.05) is 11.4 Å². The van der Waals surface area contributed by atoms with Gasteiger partial charge in [0.05, 0.1) is 22.7 Å². The smallest absolute Gasteiger partial charge is 0.180 e. The molecule has 0 aromatic heterocycles. The van der Waals surface area contributed by atoms with Gasteiger partial charge in [0.2, 0.25) is 0 Å². The Hall–Kier alpha value is -7.34. The van der Waals surface area contributed by atoms with E-state index in [4.69, 9.17) is 9.47 Å². The molecule has 57 heavy (non-hydrogen) atoms. The monoisotopic (exact) mass is 746 g/mol. The molecule has 0 unspecified atom stereocenters. The zero-order chi connectivity index (χ0) is 37.5. The van der Waals surface area contributed by atoms with E-state index in [0.717, 1.165) is 67.9 Å². The average molecular weight is 747 g/mol. The van der Waals surface area contributed by atoms with Gasteiger partial charge >= 0.3 is 0 Å². The number of hydrogen-bond acceptors (Lipinski definition) is 4. The molecule has 3 heterocycles. The SMILES string of the molecule is c1ccc([Si]2(c3ccccc3)c3ccccc3-c3cc4c(cc32)N(c2ccc3cc(N5c6ccccc6Oc6ccccc65)ccc3c2)c2ccccc2O4)cc1. The largest absolute Gasteiger partial charge is 0.453 e. The number of nitrogens with zero attached hydrogens (tertiary/aromatic N) is 2. The van der Waals surface area contributed by atoms with Gasteiger partial charge in [-0.1, -0.05) is 133 Å². The van der Waals surface area contributed by atoms with Crippen molar-refractivity contribution < 1.29 is 9.47 Å². The minimum atomic E-state index is -2.72. The third-order valence-corrected chi connectivity index (χ3v) is 16.7. The Morgan fingerprint density at radius 3 is 1.33 bits per heavy atom. The molecular formula is C52H34N2O2Si. The van der Waals surface area contributed by atoms with Crippen LogP contribution in [0.25, 0.3) is 21.9 Å². The van der Waals surface area contributed by atoms with Crippen molar-refractivity contribution in [3.63, 3.8) is 0 Å². The molecule has 0 bridgehead atoms. The van der Waals surface area contributed by atoms with Gasteiger partial charge in [0.1, 0.15) is 0 Å². The Kier molecular flexibility index (Phi) is 6.91. The maximum Gasteiger partial charge on any atom is 0.180 e. The Labute approximate surface area is 332 Å². The predicted molar refractivity (Wildman–Crippen MR) is 236 cm³/mol. The lowest BCUT2D eigenvalue weighted by atomic mass is 10.0. The van der Waals surface area contributed by atoms with Crippen LogP contribution in [0, 0.1) is 0 Å². The molecule has 3 aliphatic heterocycles. The highest BCUT2D eigenvalue weighted by molar-refractivity contribution is 7.22. The number of anilines is 6. The van der Waals surface area contributed by atoms with Crippen LogP contribution in [0.5, 0.6) is 23.0 Å². The maximum atomic E-state index is 6.83. The van der Waals surface area contributed by atoms with E-state index in [1.165, 1.54) is 31.9 Å². The summed E-state index contributed by atoms with van der Waals surface area (Å²) in [4.78, 5) is 4.69. The summed E-state index contributed by atoms with van der Waals surface area (Å²) in [6.07, 6.45) is 0. The van der Waals surface area contributed by atoms with Crippen molar-refractivity contribution in [2.24, 2.45) is 0 Å². The molecule has 0 saturated heterocycles. The summed E-state index contributed by atoms with van der Waals surface area (Å²) in [5, 5.41) is 7.85. The van der Waals surface area contributed by atoms with Gasteiger partial charge in [-0.3, -0.25) is 0 Å². The van der Waals surface area contributed by atoms with Crippen LogP contribution in [0.2, 0.25) is 0 Å². The molecule has 4 nitrogen and oxygen atoms in total. The quantitative estimate of drug-likeness (QED) is 0.167. The average Bonchev–Trinajstić information content (AvgIpc) is 3.56. The molecule has 12 rings (SSSR count). The third kappa shape index (κ3) is 4.67. The normalized spacial score (nSPS) is 14.0. The van der Waals surface area contributed by atoms with Gasteiger partial charge in [-0.05, 0) is 115 Å². The molecule has 9 aromatic rings. The Balaban J connectivity index is 1.04. The summed E-state index contributed by atoms with van der Waals surface area (Å²) in [5.41, 5.74) is 8.81. The number of benzene rings is 9. The molecule has 0 spiro atoms. The summed E-state index contributed by atoms with van der Waals surface area (Å²) < 4.78 is 13.1. The highest BCUT2D eigenvalue weighted by atomic mass is 28.3. The second-order valence-electron chi connectivity index (χ2n) is 14.9. The third-order valence-electron chi connectivity index (χ3n) is 11.9. The zero-order valence-corrected chi connectivity index (χ0v) is 31.8. The zero-order valence-electron chi connectivity index (χ0n) is 30.8. The predicted octanol–water partition coefficient (Wildman–Crippen LogP) is 11.3. The molecular weight excluding hydrogens is 713 g/mol. The van der Waals surface area contributed by atoms with Crippen molar-refractivity contribution >= 4 is 73.7 Å². The van der Waals surface area contributed by atoms with E-state index in [1.807, 2.05) is 24.3 Å². The number of rotatable bonds is 4. The number of fused-ring (bicyclic) bond motifs is 8. The molecule has 3 aliphatic rings. The van der Waals surface area contributed by atoms with Gasteiger partial charge < -0.3 is 19.3 Å². The summed E-state index contributed by atoms with van der Waals surface area (Å²) in [5.74, 6) is 3.38. The van der Waals surface area contributed by atoms with Crippen LogP contribution in [0.1, 0.15) is 0 Å². The van der Waals surface area contributed by atoms with Crippen molar-refractivity contribution in [3.05, 3.63) is 206 Å². The van der Waals surface area contributed by atoms with Crippen molar-refractivity contribution in [3.8, 4) is 34.1 Å². The van der Waals surface area contributed by atoms with Crippen LogP contribution < -0.4 is 40.0 Å². The van der Waals surface area contributed by atoms with E-state index >= 15 is 0 Å². The molecule has 0 aliphatic carbocycles. The molecule has 0 atom stereocenters. The number of para-hydroxylation sites is 6. The van der Waals surface area contributed by atoms with Crippen LogP contribution in [-0.2, 0) is 0 Å². The van der Waals surface area contributed by atoms with Crippen LogP contribution >= 0.6 is 0 Å². The summed E-state index contributed by atoms with van der Waals surface area (Å²) in [6.45, 7) is 0. The summed E-state index contributed by atoms with van der Waals surface area (Å²) in [6, 6.07) is 74.5. The first kappa shape index (κ1) is 32.0. The topological polar surface area (TPSA) is 24.9 Å². The fourth-order valence-electron chi connectivity index (χ4n) is 9.45. The lowest BCUT2D eigenvalue weighted by Crippen LogP contribution is -2.72. The van der Waals surface area contributed by atoms with E-state index < -0.39 is 8.07 Å². The van der Waals surface area contributed by atoms with E-state index in [0.29, 0.717) is 0 Å². The van der Waals surface area contributed by atoms with Gasteiger partial charge in [-0.2, -0.15) is 0 Å². The van der Waals surface area contributed by atoms with Gasteiger partial charge in [-0.15, -0.1) is 0 Å². The molecule has 268 valence electrons. The highest BCUT2D eigenvalue weighted by Gasteiger charge is 2.49. The first-order valence-corrected chi connectivity index (χ1v) is 21.4. The molecule has 0 fully saturated rings. The lowest BCUT2D eigenvalue weighted by molar-refractivity contribution is 0.477. The molecule has 0 amide bonds. The second-order valence-corrected chi connectivity index (χ2v) is 18.6. The minimum Gasteiger partial charge on any atom is -0.453 e. The van der Waals surface area contributed by atoms with Gasteiger partial charge in [0.15, 0.2) is 31.1 Å². The van der Waals surface area contributed by atoms with E-state index in [9.17, 15) is 0 Å². The van der Waals surface area contributed by atoms with Crippen molar-refractivity contribution in [2.45, 2.75) is 0 Å². The first-order chi connectivity index (χ1) is 28.3. The van der Waals surface area contributed by atoms with E-state index in [1.54, 1.807) is 0 Å². The van der Waals surface area contributed by atoms with Crippen LogP contribution in [0.3, 0.4) is 0 Å². The van der Waals surface area contributed by atoms with Crippen LogP contribution in [-0.4, -0.2) is 8.07 Å². The fourth-order valence-corrected chi connectivity index (χ4v) is 14.6. The lowest BCUT2D eigenvalue weighted by Gasteiger charge is -2.36. The Bertz CT molecular complexity index is 2970. The number of ether oxygens (including phenoxy) is 2. The number of hydrogen-bond donors (Lipinski definition) is 0. The van der Waals surface area contributed by atoms with Crippen molar-refractivity contribution in [2.75, 3.05) is 9.80 Å². The molecule has 5 heteroatoms. The maximum absolute atomic E-state index is 6.83. The van der Waals surface area contributed by atoms with Crippen LogP contribution in [0.15, 0.2) is 206 Å². The Morgan fingerprint density at radius 1 is 0.316 bits per heavy atom. The van der Waals surface area contributed by atoms with E-state index in [2.05, 4.69) is 192 Å². The summed E-state index contributed by atoms with van der Waals surface area (Å²) >= 11 is 0. The molecule has 0 N–H and O–H groups in total. The van der Waals surface area contributed by atoms with E-state index in [-0.39, 0.29) is 0 Å².